The van der Waals surface area contributed by atoms with Gasteiger partial charge in [0.25, 0.3) is 0 Å². The summed E-state index contributed by atoms with van der Waals surface area (Å²) in [6, 6.07) is 10.7. The molecule has 4 N–H and O–H groups in total. The first-order valence-corrected chi connectivity index (χ1v) is 8.29. The van der Waals surface area contributed by atoms with Crippen LogP contribution in [0, 0.1) is 0 Å². The number of hydrogen-bond donors (Lipinski definition) is 3. The maximum atomic E-state index is 5.92. The number of hydrogen-bond acceptors (Lipinski definition) is 6. The lowest BCUT2D eigenvalue weighted by Gasteiger charge is -2.34. The molecule has 1 aromatic heterocycles. The van der Waals surface area contributed by atoms with Crippen LogP contribution in [-0.4, -0.2) is 29.6 Å². The van der Waals surface area contributed by atoms with E-state index in [1.165, 1.54) is 24.8 Å². The van der Waals surface area contributed by atoms with Crippen LogP contribution in [0.4, 0.5) is 23.3 Å². The molecule has 4 rings (SSSR count). The van der Waals surface area contributed by atoms with Crippen molar-refractivity contribution in [2.45, 2.75) is 25.3 Å². The highest BCUT2D eigenvalue weighted by Gasteiger charge is 2.26. The summed E-state index contributed by atoms with van der Waals surface area (Å²) in [6.45, 7) is 2.84. The Balaban J connectivity index is 1.68. The fraction of sp³-hybridized carbons (Fsp3) is 0.412. The summed E-state index contributed by atoms with van der Waals surface area (Å²) in [4.78, 5) is 11.2. The van der Waals surface area contributed by atoms with E-state index in [4.69, 9.17) is 5.73 Å². The van der Waals surface area contributed by atoms with E-state index in [-0.39, 0.29) is 6.04 Å². The lowest BCUT2D eigenvalue weighted by molar-refractivity contribution is 0.573. The Bertz CT molecular complexity index is 681. The predicted octanol–water partition coefficient (Wildman–Crippen LogP) is 2.63. The second-order valence-electron chi connectivity index (χ2n) is 6.17. The molecule has 23 heavy (non-hydrogen) atoms. The molecule has 1 atom stereocenters. The average molecular weight is 310 g/mol. The van der Waals surface area contributed by atoms with Crippen molar-refractivity contribution in [3.63, 3.8) is 0 Å². The van der Waals surface area contributed by atoms with Crippen molar-refractivity contribution in [3.05, 3.63) is 35.9 Å². The van der Waals surface area contributed by atoms with Gasteiger partial charge in [0, 0.05) is 19.6 Å². The smallest absolute Gasteiger partial charge is 0.224 e. The Hall–Kier alpha value is -2.50. The van der Waals surface area contributed by atoms with Gasteiger partial charge in [-0.1, -0.05) is 30.3 Å². The normalized spacial score (nSPS) is 20.3. The fourth-order valence-electron chi connectivity index (χ4n) is 3.37. The average Bonchev–Trinajstić information content (AvgIpc) is 2.62. The van der Waals surface area contributed by atoms with Crippen molar-refractivity contribution in [1.82, 2.24) is 9.97 Å². The number of nitrogen functional groups attached to an aromatic ring is 1. The van der Waals surface area contributed by atoms with Crippen LogP contribution >= 0.6 is 0 Å². The van der Waals surface area contributed by atoms with Crippen molar-refractivity contribution in [2.24, 2.45) is 0 Å². The van der Waals surface area contributed by atoms with Gasteiger partial charge < -0.3 is 21.3 Å². The standard InChI is InChI=1S/C17H22N6/c18-17-21-15-14(16(22-17)23-9-5-2-6-10-23)20-13(11-19-15)12-7-3-1-4-8-12/h1,3-4,7-8,13,20H,2,5-6,9-11H2,(H3,18,19,21,22)/t13-/m1/s1. The molecule has 0 amide bonds. The number of nitrogens with one attached hydrogen (secondary N) is 2. The number of aromatic nitrogens is 2. The molecule has 0 saturated carbocycles. The monoisotopic (exact) mass is 310 g/mol. The van der Waals surface area contributed by atoms with Crippen LogP contribution < -0.4 is 21.3 Å². The molecule has 2 aliphatic heterocycles. The van der Waals surface area contributed by atoms with Crippen LogP contribution in [0.15, 0.2) is 30.3 Å². The van der Waals surface area contributed by atoms with Gasteiger partial charge in [-0.3, -0.25) is 0 Å². The lowest BCUT2D eigenvalue weighted by atomic mass is 10.0. The van der Waals surface area contributed by atoms with Gasteiger partial charge in [-0.2, -0.15) is 9.97 Å². The first-order valence-electron chi connectivity index (χ1n) is 8.29. The molecule has 1 saturated heterocycles. The number of benzene rings is 1. The molecule has 0 unspecified atom stereocenters. The van der Waals surface area contributed by atoms with Gasteiger partial charge in [0.15, 0.2) is 11.6 Å². The minimum Gasteiger partial charge on any atom is -0.370 e. The summed E-state index contributed by atoms with van der Waals surface area (Å²) in [6.07, 6.45) is 3.69. The largest absolute Gasteiger partial charge is 0.370 e. The second kappa shape index (κ2) is 5.95. The van der Waals surface area contributed by atoms with Gasteiger partial charge in [-0.15, -0.1) is 0 Å². The zero-order valence-electron chi connectivity index (χ0n) is 13.1. The van der Waals surface area contributed by atoms with E-state index in [9.17, 15) is 0 Å². The van der Waals surface area contributed by atoms with Gasteiger partial charge in [-0.25, -0.2) is 0 Å². The van der Waals surface area contributed by atoms with Gasteiger partial charge in [0.05, 0.1) is 6.04 Å². The summed E-state index contributed by atoms with van der Waals surface area (Å²) in [5.41, 5.74) is 8.15. The molecule has 6 nitrogen and oxygen atoms in total. The molecule has 3 heterocycles. The molecule has 120 valence electrons. The molecule has 0 spiro atoms. The van der Waals surface area contributed by atoms with Crippen molar-refractivity contribution in [2.75, 3.05) is 40.9 Å². The zero-order chi connectivity index (χ0) is 15.6. The topological polar surface area (TPSA) is 79.1 Å². The summed E-state index contributed by atoms with van der Waals surface area (Å²) in [5.74, 6) is 2.07. The first kappa shape index (κ1) is 14.1. The SMILES string of the molecule is Nc1nc2c(c(N3CCCCC3)n1)N[C@@H](c1ccccc1)CN2. The lowest BCUT2D eigenvalue weighted by Crippen LogP contribution is -2.34. The van der Waals surface area contributed by atoms with Gasteiger partial charge in [0.1, 0.15) is 5.69 Å². The third kappa shape index (κ3) is 2.76. The minimum absolute atomic E-state index is 0.208. The van der Waals surface area contributed by atoms with Gasteiger partial charge in [0.2, 0.25) is 5.95 Å². The third-order valence-corrected chi connectivity index (χ3v) is 4.56. The summed E-state index contributed by atoms with van der Waals surface area (Å²) in [5, 5.41) is 7.03. The molecule has 2 aromatic rings. The number of nitrogens with zero attached hydrogens (tertiary/aromatic N) is 3. The quantitative estimate of drug-likeness (QED) is 0.791. The number of piperidine rings is 1. The maximum Gasteiger partial charge on any atom is 0.224 e. The Kier molecular flexibility index (Phi) is 3.65. The van der Waals surface area contributed by atoms with Crippen LogP contribution in [-0.2, 0) is 0 Å². The Morgan fingerprint density at radius 3 is 2.61 bits per heavy atom. The van der Waals surface area contributed by atoms with E-state index < -0.39 is 0 Å². The van der Waals surface area contributed by atoms with Crippen molar-refractivity contribution in [1.29, 1.82) is 0 Å². The van der Waals surface area contributed by atoms with Crippen LogP contribution in [0.5, 0.6) is 0 Å². The van der Waals surface area contributed by atoms with Crippen LogP contribution in [0.25, 0.3) is 0 Å². The van der Waals surface area contributed by atoms with E-state index in [0.29, 0.717) is 5.95 Å². The van der Waals surface area contributed by atoms with Crippen molar-refractivity contribution >= 4 is 23.3 Å². The van der Waals surface area contributed by atoms with Crippen LogP contribution in [0.3, 0.4) is 0 Å². The van der Waals surface area contributed by atoms with Crippen molar-refractivity contribution in [3.8, 4) is 0 Å². The molecule has 1 fully saturated rings. The highest BCUT2D eigenvalue weighted by Crippen LogP contribution is 2.38. The molecular weight excluding hydrogens is 288 g/mol. The Labute approximate surface area is 136 Å². The molecule has 2 aliphatic rings. The van der Waals surface area contributed by atoms with E-state index >= 15 is 0 Å². The predicted molar refractivity (Wildman–Crippen MR) is 93.8 cm³/mol. The number of nitrogens with two attached hydrogens (primary N) is 1. The fourth-order valence-corrected chi connectivity index (χ4v) is 3.37. The molecule has 6 heteroatoms. The molecule has 1 aromatic carbocycles. The van der Waals surface area contributed by atoms with Gasteiger partial charge in [-0.05, 0) is 24.8 Å². The number of fused-ring (bicyclic) bond motifs is 1. The van der Waals surface area contributed by atoms with E-state index in [2.05, 4.69) is 49.8 Å². The first-order chi connectivity index (χ1) is 11.3. The molecule has 0 radical (unpaired) electrons. The second-order valence-corrected chi connectivity index (χ2v) is 6.17. The zero-order valence-corrected chi connectivity index (χ0v) is 13.1. The molecule has 0 aliphatic carbocycles. The van der Waals surface area contributed by atoms with E-state index in [1.54, 1.807) is 0 Å². The highest BCUT2D eigenvalue weighted by atomic mass is 15.3. The summed E-state index contributed by atoms with van der Waals surface area (Å²) in [7, 11) is 0. The molecule has 0 bridgehead atoms. The summed E-state index contributed by atoms with van der Waals surface area (Å²) < 4.78 is 0. The highest BCUT2D eigenvalue weighted by molar-refractivity contribution is 5.81. The summed E-state index contributed by atoms with van der Waals surface area (Å²) >= 11 is 0. The van der Waals surface area contributed by atoms with Crippen LogP contribution in [0.1, 0.15) is 30.9 Å². The minimum atomic E-state index is 0.208. The third-order valence-electron chi connectivity index (χ3n) is 4.56. The Morgan fingerprint density at radius 2 is 1.83 bits per heavy atom. The van der Waals surface area contributed by atoms with Gasteiger partial charge >= 0.3 is 0 Å². The van der Waals surface area contributed by atoms with E-state index in [0.717, 1.165) is 37.0 Å². The number of rotatable bonds is 2. The molecular formula is C17H22N6. The van der Waals surface area contributed by atoms with Crippen LogP contribution in [0.2, 0.25) is 0 Å². The Morgan fingerprint density at radius 1 is 1.04 bits per heavy atom. The maximum absolute atomic E-state index is 5.92. The van der Waals surface area contributed by atoms with E-state index in [1.807, 2.05) is 6.07 Å². The number of anilines is 4. The van der Waals surface area contributed by atoms with Crippen molar-refractivity contribution < 1.29 is 0 Å².